The molecule has 0 saturated heterocycles. The first kappa shape index (κ1) is 17.1. The minimum Gasteiger partial charge on any atom is -0.456 e. The van der Waals surface area contributed by atoms with E-state index < -0.39 is 12.1 Å². The number of aliphatic hydroxyl groups is 2. The molecule has 0 fully saturated rings. The number of esters is 1. The van der Waals surface area contributed by atoms with E-state index in [2.05, 4.69) is 0 Å². The van der Waals surface area contributed by atoms with Crippen LogP contribution in [0, 0.1) is 0 Å². The predicted octanol–water partition coefficient (Wildman–Crippen LogP) is 1.20. The molecular formula is C13H24O5. The van der Waals surface area contributed by atoms with Gasteiger partial charge in [0.25, 0.3) is 0 Å². The summed E-state index contributed by atoms with van der Waals surface area (Å²) in [7, 11) is 0. The lowest BCUT2D eigenvalue weighted by Crippen LogP contribution is -2.25. The standard InChI is InChI=1S/C13H24O5/c1-2-3-8-12(16)13(17)18-10-11(15)7-5-4-6-9-14/h12,14,16H,2-10H2,1H3. The summed E-state index contributed by atoms with van der Waals surface area (Å²) < 4.78 is 4.73. The number of Topliss-reactive ketones (excluding diaryl/α,β-unsaturated/α-hetero) is 1. The summed E-state index contributed by atoms with van der Waals surface area (Å²) >= 11 is 0. The SMILES string of the molecule is CCCCC(O)C(=O)OCC(=O)CCCCCO. The summed E-state index contributed by atoms with van der Waals surface area (Å²) in [6.07, 6.45) is 3.41. The average Bonchev–Trinajstić information content (AvgIpc) is 2.38. The van der Waals surface area contributed by atoms with Gasteiger partial charge in [-0.3, -0.25) is 4.79 Å². The van der Waals surface area contributed by atoms with E-state index >= 15 is 0 Å². The molecule has 0 aromatic carbocycles. The Labute approximate surface area is 108 Å². The second-order valence-electron chi connectivity index (χ2n) is 4.34. The van der Waals surface area contributed by atoms with Gasteiger partial charge in [-0.05, 0) is 19.3 Å². The van der Waals surface area contributed by atoms with E-state index in [-0.39, 0.29) is 19.0 Å². The van der Waals surface area contributed by atoms with Crippen LogP contribution in [0.2, 0.25) is 0 Å². The molecule has 0 saturated carbocycles. The maximum Gasteiger partial charge on any atom is 0.335 e. The maximum absolute atomic E-state index is 11.3. The van der Waals surface area contributed by atoms with Gasteiger partial charge in [0.2, 0.25) is 0 Å². The average molecular weight is 260 g/mol. The fourth-order valence-corrected chi connectivity index (χ4v) is 1.45. The zero-order valence-electron chi connectivity index (χ0n) is 11.1. The van der Waals surface area contributed by atoms with Crippen LogP contribution in [0.5, 0.6) is 0 Å². The fourth-order valence-electron chi connectivity index (χ4n) is 1.45. The van der Waals surface area contributed by atoms with Gasteiger partial charge in [0.05, 0.1) is 0 Å². The van der Waals surface area contributed by atoms with E-state index in [0.29, 0.717) is 25.7 Å². The van der Waals surface area contributed by atoms with E-state index in [1.807, 2.05) is 6.92 Å². The Bertz CT molecular complexity index is 240. The van der Waals surface area contributed by atoms with Crippen LogP contribution < -0.4 is 0 Å². The van der Waals surface area contributed by atoms with Crippen molar-refractivity contribution in [3.05, 3.63) is 0 Å². The summed E-state index contributed by atoms with van der Waals surface area (Å²) in [5.41, 5.74) is 0. The number of carbonyl (C=O) groups is 2. The van der Waals surface area contributed by atoms with Crippen molar-refractivity contribution in [2.45, 2.75) is 58.0 Å². The number of rotatable bonds is 11. The molecule has 0 radical (unpaired) electrons. The van der Waals surface area contributed by atoms with Crippen LogP contribution in [-0.4, -0.2) is 41.3 Å². The Morgan fingerprint density at radius 1 is 1.17 bits per heavy atom. The van der Waals surface area contributed by atoms with E-state index in [1.54, 1.807) is 0 Å². The highest BCUT2D eigenvalue weighted by Gasteiger charge is 2.16. The highest BCUT2D eigenvalue weighted by Crippen LogP contribution is 2.04. The van der Waals surface area contributed by atoms with Crippen LogP contribution in [-0.2, 0) is 14.3 Å². The van der Waals surface area contributed by atoms with E-state index in [9.17, 15) is 14.7 Å². The highest BCUT2D eigenvalue weighted by molar-refractivity contribution is 5.83. The zero-order chi connectivity index (χ0) is 13.8. The Balaban J connectivity index is 3.61. The normalized spacial score (nSPS) is 12.2. The van der Waals surface area contributed by atoms with Gasteiger partial charge >= 0.3 is 5.97 Å². The van der Waals surface area contributed by atoms with Gasteiger partial charge in [0.15, 0.2) is 11.9 Å². The number of ether oxygens (including phenoxy) is 1. The van der Waals surface area contributed by atoms with Crippen molar-refractivity contribution < 1.29 is 24.5 Å². The van der Waals surface area contributed by atoms with E-state index in [0.717, 1.165) is 19.3 Å². The Hall–Kier alpha value is -0.940. The molecule has 0 aromatic heterocycles. The number of carbonyl (C=O) groups excluding carboxylic acids is 2. The van der Waals surface area contributed by atoms with Gasteiger partial charge in [-0.25, -0.2) is 4.79 Å². The Kier molecular flexibility index (Phi) is 10.6. The third kappa shape index (κ3) is 9.13. The lowest BCUT2D eigenvalue weighted by Gasteiger charge is -2.09. The van der Waals surface area contributed by atoms with Crippen LogP contribution in [0.3, 0.4) is 0 Å². The first-order valence-electron chi connectivity index (χ1n) is 6.59. The summed E-state index contributed by atoms with van der Waals surface area (Å²) in [5.74, 6) is -0.865. The zero-order valence-corrected chi connectivity index (χ0v) is 11.1. The van der Waals surface area contributed by atoms with E-state index in [1.165, 1.54) is 0 Å². The summed E-state index contributed by atoms with van der Waals surface area (Å²) in [5, 5.41) is 18.0. The summed E-state index contributed by atoms with van der Waals surface area (Å²) in [4.78, 5) is 22.6. The third-order valence-corrected chi connectivity index (χ3v) is 2.59. The first-order chi connectivity index (χ1) is 8.61. The van der Waals surface area contributed by atoms with Gasteiger partial charge in [0.1, 0.15) is 6.61 Å². The Morgan fingerprint density at radius 2 is 1.89 bits per heavy atom. The van der Waals surface area contributed by atoms with Gasteiger partial charge < -0.3 is 14.9 Å². The molecule has 0 aliphatic heterocycles. The molecule has 5 heteroatoms. The molecule has 18 heavy (non-hydrogen) atoms. The smallest absolute Gasteiger partial charge is 0.335 e. The van der Waals surface area contributed by atoms with Crippen LogP contribution in [0.15, 0.2) is 0 Å². The third-order valence-electron chi connectivity index (χ3n) is 2.59. The fraction of sp³-hybridized carbons (Fsp3) is 0.846. The number of unbranched alkanes of at least 4 members (excludes halogenated alkanes) is 3. The molecule has 0 aliphatic carbocycles. The molecule has 5 nitrogen and oxygen atoms in total. The molecule has 0 bridgehead atoms. The molecular weight excluding hydrogens is 236 g/mol. The Morgan fingerprint density at radius 3 is 2.50 bits per heavy atom. The molecule has 1 unspecified atom stereocenters. The second kappa shape index (κ2) is 11.2. The highest BCUT2D eigenvalue weighted by atomic mass is 16.5. The van der Waals surface area contributed by atoms with Crippen molar-refractivity contribution in [2.75, 3.05) is 13.2 Å². The molecule has 1 atom stereocenters. The van der Waals surface area contributed by atoms with Crippen molar-refractivity contribution in [3.8, 4) is 0 Å². The minimum absolute atomic E-state index is 0.132. The predicted molar refractivity (Wildman–Crippen MR) is 67.1 cm³/mol. The molecule has 0 rings (SSSR count). The van der Waals surface area contributed by atoms with Crippen molar-refractivity contribution in [3.63, 3.8) is 0 Å². The van der Waals surface area contributed by atoms with Crippen LogP contribution in [0.1, 0.15) is 51.9 Å². The first-order valence-corrected chi connectivity index (χ1v) is 6.59. The molecule has 0 heterocycles. The van der Waals surface area contributed by atoms with Crippen molar-refractivity contribution in [2.24, 2.45) is 0 Å². The van der Waals surface area contributed by atoms with Gasteiger partial charge in [-0.1, -0.05) is 26.2 Å². The second-order valence-corrected chi connectivity index (χ2v) is 4.34. The van der Waals surface area contributed by atoms with E-state index in [4.69, 9.17) is 9.84 Å². The lowest BCUT2D eigenvalue weighted by molar-refractivity contribution is -0.156. The van der Waals surface area contributed by atoms with Gasteiger partial charge in [0, 0.05) is 13.0 Å². The van der Waals surface area contributed by atoms with Crippen LogP contribution in [0.4, 0.5) is 0 Å². The van der Waals surface area contributed by atoms with Crippen molar-refractivity contribution in [1.29, 1.82) is 0 Å². The number of hydrogen-bond acceptors (Lipinski definition) is 5. The molecule has 0 spiro atoms. The molecule has 0 aromatic rings. The summed E-state index contributed by atoms with van der Waals surface area (Å²) in [6, 6.07) is 0. The van der Waals surface area contributed by atoms with Crippen molar-refractivity contribution >= 4 is 11.8 Å². The van der Waals surface area contributed by atoms with Gasteiger partial charge in [-0.2, -0.15) is 0 Å². The quantitative estimate of drug-likeness (QED) is 0.431. The molecule has 0 aliphatic rings. The molecule has 2 N–H and O–H groups in total. The number of hydrogen-bond donors (Lipinski definition) is 2. The lowest BCUT2D eigenvalue weighted by atomic mass is 10.1. The molecule has 0 amide bonds. The van der Waals surface area contributed by atoms with Crippen LogP contribution in [0.25, 0.3) is 0 Å². The molecule has 106 valence electrons. The van der Waals surface area contributed by atoms with Gasteiger partial charge in [-0.15, -0.1) is 0 Å². The number of ketones is 1. The van der Waals surface area contributed by atoms with Crippen LogP contribution >= 0.6 is 0 Å². The maximum atomic E-state index is 11.3. The minimum atomic E-state index is -1.12. The monoisotopic (exact) mass is 260 g/mol. The summed E-state index contributed by atoms with van der Waals surface area (Å²) in [6.45, 7) is 1.84. The number of aliphatic hydroxyl groups excluding tert-OH is 2. The van der Waals surface area contributed by atoms with Crippen molar-refractivity contribution in [1.82, 2.24) is 0 Å². The largest absolute Gasteiger partial charge is 0.456 e. The topological polar surface area (TPSA) is 83.8 Å².